The van der Waals surface area contributed by atoms with E-state index in [0.717, 1.165) is 51.1 Å². The van der Waals surface area contributed by atoms with Crippen molar-refractivity contribution < 1.29 is 4.79 Å². The Morgan fingerprint density at radius 2 is 1.84 bits per heavy atom. The van der Waals surface area contributed by atoms with Crippen molar-refractivity contribution in [1.82, 2.24) is 14.7 Å². The second-order valence-electron chi connectivity index (χ2n) is 7.93. The third-order valence-corrected chi connectivity index (χ3v) is 5.68. The van der Waals surface area contributed by atoms with Crippen LogP contribution in [0.3, 0.4) is 0 Å². The molecule has 5 nitrogen and oxygen atoms in total. The van der Waals surface area contributed by atoms with Crippen molar-refractivity contribution >= 4 is 17.7 Å². The van der Waals surface area contributed by atoms with E-state index in [4.69, 9.17) is 0 Å². The number of aromatic nitrogens is 2. The average Bonchev–Trinajstić information content (AvgIpc) is 3.33. The van der Waals surface area contributed by atoms with Crippen LogP contribution in [0, 0.1) is 0 Å². The van der Waals surface area contributed by atoms with Gasteiger partial charge in [0.2, 0.25) is 0 Å². The highest BCUT2D eigenvalue weighted by molar-refractivity contribution is 5.94. The number of hydrogen-bond donors (Lipinski definition) is 0. The Morgan fingerprint density at radius 3 is 2.55 bits per heavy atom. The van der Waals surface area contributed by atoms with Crippen LogP contribution < -0.4 is 4.90 Å². The molecular formula is C26H30N4O. The molecule has 0 N–H and O–H groups in total. The van der Waals surface area contributed by atoms with Gasteiger partial charge in [0.05, 0.1) is 6.54 Å². The van der Waals surface area contributed by atoms with E-state index in [0.29, 0.717) is 0 Å². The number of carbonyl (C=O) groups is 1. The van der Waals surface area contributed by atoms with Crippen LogP contribution in [0.25, 0.3) is 6.08 Å². The second-order valence-corrected chi connectivity index (χ2v) is 7.93. The first kappa shape index (κ1) is 20.9. The summed E-state index contributed by atoms with van der Waals surface area (Å²) in [4.78, 5) is 17.2. The molecule has 0 unspecified atom stereocenters. The highest BCUT2D eigenvalue weighted by Crippen LogP contribution is 2.26. The lowest BCUT2D eigenvalue weighted by atomic mass is 10.1. The quantitative estimate of drug-likeness (QED) is 0.562. The summed E-state index contributed by atoms with van der Waals surface area (Å²) in [5.41, 5.74) is 4.47. The van der Waals surface area contributed by atoms with Crippen molar-refractivity contribution in [3.05, 3.63) is 89.8 Å². The van der Waals surface area contributed by atoms with E-state index >= 15 is 0 Å². The molecule has 31 heavy (non-hydrogen) atoms. The second kappa shape index (κ2) is 10.1. The number of rotatable bonds is 7. The highest BCUT2D eigenvalue weighted by atomic mass is 16.2. The van der Waals surface area contributed by atoms with Gasteiger partial charge in [0.25, 0.3) is 5.91 Å². The van der Waals surface area contributed by atoms with Gasteiger partial charge >= 0.3 is 0 Å². The summed E-state index contributed by atoms with van der Waals surface area (Å²) in [7, 11) is 0. The van der Waals surface area contributed by atoms with Gasteiger partial charge in [-0.3, -0.25) is 9.48 Å². The fourth-order valence-electron chi connectivity index (χ4n) is 3.97. The molecule has 0 bridgehead atoms. The topological polar surface area (TPSA) is 41.4 Å². The van der Waals surface area contributed by atoms with Gasteiger partial charge in [-0.25, -0.2) is 0 Å². The zero-order chi connectivity index (χ0) is 21.5. The van der Waals surface area contributed by atoms with Gasteiger partial charge < -0.3 is 9.80 Å². The Kier molecular flexibility index (Phi) is 6.82. The Hall–Kier alpha value is -3.34. The summed E-state index contributed by atoms with van der Waals surface area (Å²) in [5, 5.41) is 4.34. The SMILES string of the molecule is CCC/C=C/c1ccc(Cn2cccn2)cc1N1CCN(C(=O)c2ccccc2)CC1. The van der Waals surface area contributed by atoms with Crippen molar-refractivity contribution in [3.8, 4) is 0 Å². The van der Waals surface area contributed by atoms with E-state index < -0.39 is 0 Å². The number of amides is 1. The van der Waals surface area contributed by atoms with Crippen LogP contribution in [0.1, 0.15) is 41.3 Å². The molecule has 1 aromatic heterocycles. The summed E-state index contributed by atoms with van der Waals surface area (Å²) in [6, 6.07) is 18.2. The predicted octanol–water partition coefficient (Wildman–Crippen LogP) is 4.71. The normalized spacial score (nSPS) is 14.4. The van der Waals surface area contributed by atoms with Crippen molar-refractivity contribution in [3.63, 3.8) is 0 Å². The van der Waals surface area contributed by atoms with Crippen LogP contribution in [-0.2, 0) is 6.54 Å². The summed E-state index contributed by atoms with van der Waals surface area (Å²) in [5.74, 6) is 0.121. The molecule has 1 fully saturated rings. The van der Waals surface area contributed by atoms with E-state index in [2.05, 4.69) is 47.3 Å². The number of benzene rings is 2. The lowest BCUT2D eigenvalue weighted by Gasteiger charge is -2.37. The lowest BCUT2D eigenvalue weighted by molar-refractivity contribution is 0.0747. The van der Waals surface area contributed by atoms with Crippen LogP contribution in [0.5, 0.6) is 0 Å². The van der Waals surface area contributed by atoms with Crippen LogP contribution in [0.2, 0.25) is 0 Å². The number of piperazine rings is 1. The van der Waals surface area contributed by atoms with Gasteiger partial charge in [-0.15, -0.1) is 0 Å². The van der Waals surface area contributed by atoms with Crippen molar-refractivity contribution in [2.75, 3.05) is 31.1 Å². The summed E-state index contributed by atoms with van der Waals surface area (Å²) in [6.45, 7) is 6.08. The molecule has 0 saturated carbocycles. The third kappa shape index (κ3) is 5.23. The molecule has 1 aliphatic heterocycles. The predicted molar refractivity (Wildman–Crippen MR) is 126 cm³/mol. The van der Waals surface area contributed by atoms with E-state index in [1.807, 2.05) is 58.4 Å². The Balaban J connectivity index is 1.50. The first-order chi connectivity index (χ1) is 15.2. The summed E-state index contributed by atoms with van der Waals surface area (Å²) in [6.07, 6.45) is 10.5. The average molecular weight is 415 g/mol. The largest absolute Gasteiger partial charge is 0.367 e. The van der Waals surface area contributed by atoms with Gasteiger partial charge in [-0.05, 0) is 41.8 Å². The van der Waals surface area contributed by atoms with Gasteiger partial charge in [0.1, 0.15) is 0 Å². The summed E-state index contributed by atoms with van der Waals surface area (Å²) < 4.78 is 1.95. The standard InChI is InChI=1S/C26H30N4O/c1-2-3-5-9-23-13-12-22(21-30-15-8-14-27-30)20-25(23)28-16-18-29(19-17-28)26(31)24-10-6-4-7-11-24/h4-15,20H,2-3,16-19,21H2,1H3/b9-5+. The van der Waals surface area contributed by atoms with Crippen LogP contribution in [-0.4, -0.2) is 46.8 Å². The maximum atomic E-state index is 12.8. The highest BCUT2D eigenvalue weighted by Gasteiger charge is 2.23. The molecule has 0 spiro atoms. The molecule has 3 aromatic rings. The molecule has 0 aliphatic carbocycles. The number of carbonyl (C=O) groups excluding carboxylic acids is 1. The van der Waals surface area contributed by atoms with E-state index in [-0.39, 0.29) is 5.91 Å². The number of unbranched alkanes of at least 4 members (excludes halogenated alkanes) is 1. The molecule has 2 aromatic carbocycles. The number of anilines is 1. The van der Waals surface area contributed by atoms with Crippen LogP contribution in [0.15, 0.2) is 73.1 Å². The van der Waals surface area contributed by atoms with E-state index in [1.165, 1.54) is 16.8 Å². The molecule has 0 atom stereocenters. The minimum atomic E-state index is 0.121. The van der Waals surface area contributed by atoms with Crippen molar-refractivity contribution in [2.45, 2.75) is 26.3 Å². The van der Waals surface area contributed by atoms with E-state index in [9.17, 15) is 4.79 Å². The molecule has 1 aliphatic rings. The number of nitrogens with zero attached hydrogens (tertiary/aromatic N) is 4. The Labute approximate surface area is 184 Å². The molecular weight excluding hydrogens is 384 g/mol. The lowest BCUT2D eigenvalue weighted by Crippen LogP contribution is -2.49. The fraction of sp³-hybridized carbons (Fsp3) is 0.308. The molecule has 2 heterocycles. The van der Waals surface area contributed by atoms with Crippen LogP contribution >= 0.6 is 0 Å². The zero-order valence-corrected chi connectivity index (χ0v) is 18.2. The molecule has 1 saturated heterocycles. The molecule has 0 radical (unpaired) electrons. The number of allylic oxidation sites excluding steroid dienone is 1. The maximum absolute atomic E-state index is 12.8. The molecule has 5 heteroatoms. The minimum Gasteiger partial charge on any atom is -0.367 e. The molecule has 160 valence electrons. The third-order valence-electron chi connectivity index (χ3n) is 5.68. The van der Waals surface area contributed by atoms with E-state index in [1.54, 1.807) is 0 Å². The van der Waals surface area contributed by atoms with Gasteiger partial charge in [-0.1, -0.05) is 55.8 Å². The van der Waals surface area contributed by atoms with Crippen molar-refractivity contribution in [1.29, 1.82) is 0 Å². The first-order valence-corrected chi connectivity index (χ1v) is 11.1. The Bertz CT molecular complexity index is 1000. The van der Waals surface area contributed by atoms with Crippen molar-refractivity contribution in [2.24, 2.45) is 0 Å². The molecule has 1 amide bonds. The Morgan fingerprint density at radius 1 is 1.03 bits per heavy atom. The van der Waals surface area contributed by atoms with Gasteiger partial charge in [0, 0.05) is 49.8 Å². The maximum Gasteiger partial charge on any atom is 0.253 e. The van der Waals surface area contributed by atoms with Gasteiger partial charge in [-0.2, -0.15) is 5.10 Å². The first-order valence-electron chi connectivity index (χ1n) is 11.1. The van der Waals surface area contributed by atoms with Crippen LogP contribution in [0.4, 0.5) is 5.69 Å². The summed E-state index contributed by atoms with van der Waals surface area (Å²) >= 11 is 0. The monoisotopic (exact) mass is 414 g/mol. The number of hydrogen-bond acceptors (Lipinski definition) is 3. The smallest absolute Gasteiger partial charge is 0.253 e. The zero-order valence-electron chi connectivity index (χ0n) is 18.2. The minimum absolute atomic E-state index is 0.121. The molecule has 4 rings (SSSR count). The fourth-order valence-corrected chi connectivity index (χ4v) is 3.97. The van der Waals surface area contributed by atoms with Gasteiger partial charge in [0.15, 0.2) is 0 Å².